The average molecular weight is 210 g/mol. The number of alkyl halides is 1. The summed E-state index contributed by atoms with van der Waals surface area (Å²) >= 11 is 5.57. The zero-order chi connectivity index (χ0) is 10.1. The van der Waals surface area contributed by atoms with Crippen LogP contribution in [0.25, 0.3) is 0 Å². The first kappa shape index (κ1) is 12.7. The molecule has 1 atom stereocenters. The molecule has 0 saturated heterocycles. The van der Waals surface area contributed by atoms with Crippen LogP contribution >= 0.6 is 11.6 Å². The number of hydroxylamine groups is 1. The van der Waals surface area contributed by atoms with E-state index in [0.29, 0.717) is 6.61 Å². The summed E-state index contributed by atoms with van der Waals surface area (Å²) in [7, 11) is 1.35. The Morgan fingerprint density at radius 3 is 2.77 bits per heavy atom. The van der Waals surface area contributed by atoms with Gasteiger partial charge >= 0.3 is 0 Å². The minimum Gasteiger partial charge on any atom is -0.353 e. The van der Waals surface area contributed by atoms with Crippen molar-refractivity contribution in [3.05, 3.63) is 0 Å². The van der Waals surface area contributed by atoms with Crippen LogP contribution in [0.2, 0.25) is 0 Å². The molecule has 5 heteroatoms. The Labute approximate surface area is 83.5 Å². The van der Waals surface area contributed by atoms with Gasteiger partial charge in [-0.2, -0.15) is 0 Å². The fourth-order valence-corrected chi connectivity index (χ4v) is 0.895. The third-order valence-electron chi connectivity index (χ3n) is 1.42. The minimum atomic E-state index is -0.961. The highest BCUT2D eigenvalue weighted by Gasteiger charge is 2.14. The molecule has 0 rings (SSSR count). The van der Waals surface area contributed by atoms with Gasteiger partial charge in [0.15, 0.2) is 0 Å². The molecular formula is C8H16ClNO3. The van der Waals surface area contributed by atoms with Crippen molar-refractivity contribution in [3.8, 4) is 0 Å². The van der Waals surface area contributed by atoms with Crippen molar-refractivity contribution in [2.75, 3.05) is 13.7 Å². The quantitative estimate of drug-likeness (QED) is 0.392. The molecule has 1 amide bonds. The van der Waals surface area contributed by atoms with Gasteiger partial charge in [-0.15, -0.1) is 0 Å². The van der Waals surface area contributed by atoms with Crippen LogP contribution in [0.5, 0.6) is 0 Å². The Kier molecular flexibility index (Phi) is 8.08. The van der Waals surface area contributed by atoms with E-state index in [1.165, 1.54) is 7.11 Å². The molecule has 0 aliphatic carbocycles. The van der Waals surface area contributed by atoms with Gasteiger partial charge in [-0.25, -0.2) is 5.48 Å². The van der Waals surface area contributed by atoms with Crippen LogP contribution in [0.15, 0.2) is 0 Å². The molecule has 0 bridgehead atoms. The SMILES string of the molecule is CCCCCOC(Cl)C(=O)NOC. The fourth-order valence-electron chi connectivity index (χ4n) is 0.761. The van der Waals surface area contributed by atoms with Gasteiger partial charge in [0, 0.05) is 6.61 Å². The summed E-state index contributed by atoms with van der Waals surface area (Å²) in [5, 5.41) is 0. The third-order valence-corrected chi connectivity index (χ3v) is 1.75. The van der Waals surface area contributed by atoms with Crippen LogP contribution in [0.4, 0.5) is 0 Å². The van der Waals surface area contributed by atoms with Gasteiger partial charge in [-0.1, -0.05) is 31.4 Å². The average Bonchev–Trinajstić information content (AvgIpc) is 2.12. The summed E-state index contributed by atoms with van der Waals surface area (Å²) in [6.45, 7) is 2.59. The van der Waals surface area contributed by atoms with Gasteiger partial charge < -0.3 is 4.74 Å². The predicted molar refractivity (Wildman–Crippen MR) is 50.3 cm³/mol. The molecule has 78 valence electrons. The first-order chi connectivity index (χ1) is 6.22. The van der Waals surface area contributed by atoms with E-state index in [4.69, 9.17) is 16.3 Å². The van der Waals surface area contributed by atoms with E-state index < -0.39 is 11.5 Å². The molecule has 0 heterocycles. The maximum Gasteiger partial charge on any atom is 0.288 e. The van der Waals surface area contributed by atoms with Gasteiger partial charge in [0.05, 0.1) is 7.11 Å². The van der Waals surface area contributed by atoms with E-state index in [0.717, 1.165) is 19.3 Å². The first-order valence-electron chi connectivity index (χ1n) is 4.30. The van der Waals surface area contributed by atoms with Crippen LogP contribution in [0.3, 0.4) is 0 Å². The highest BCUT2D eigenvalue weighted by molar-refractivity contribution is 6.29. The molecule has 0 saturated carbocycles. The number of halogens is 1. The van der Waals surface area contributed by atoms with Gasteiger partial charge in [0.1, 0.15) is 0 Å². The zero-order valence-corrected chi connectivity index (χ0v) is 8.76. The lowest BCUT2D eigenvalue weighted by Crippen LogP contribution is -2.32. The molecule has 0 aromatic heterocycles. The summed E-state index contributed by atoms with van der Waals surface area (Å²) in [5.74, 6) is -0.472. The number of amides is 1. The molecule has 0 aliphatic heterocycles. The second kappa shape index (κ2) is 8.29. The third kappa shape index (κ3) is 6.81. The fraction of sp³-hybridized carbons (Fsp3) is 0.875. The van der Waals surface area contributed by atoms with Crippen molar-refractivity contribution in [1.29, 1.82) is 0 Å². The van der Waals surface area contributed by atoms with E-state index in [9.17, 15) is 4.79 Å². The first-order valence-corrected chi connectivity index (χ1v) is 4.74. The van der Waals surface area contributed by atoms with Gasteiger partial charge in [-0.3, -0.25) is 9.63 Å². The summed E-state index contributed by atoms with van der Waals surface area (Å²) in [5.41, 5.74) is 1.13. The number of hydrogen-bond acceptors (Lipinski definition) is 3. The van der Waals surface area contributed by atoms with E-state index >= 15 is 0 Å². The number of rotatable bonds is 7. The van der Waals surface area contributed by atoms with Crippen molar-refractivity contribution in [2.45, 2.75) is 31.7 Å². The molecule has 0 fully saturated rings. The molecule has 1 unspecified atom stereocenters. The molecular weight excluding hydrogens is 194 g/mol. The Bertz CT molecular complexity index is 143. The number of hydrogen-bond donors (Lipinski definition) is 1. The zero-order valence-electron chi connectivity index (χ0n) is 8.01. The van der Waals surface area contributed by atoms with Crippen LogP contribution in [-0.4, -0.2) is 25.2 Å². The van der Waals surface area contributed by atoms with Crippen molar-refractivity contribution >= 4 is 17.5 Å². The van der Waals surface area contributed by atoms with Crippen molar-refractivity contribution in [1.82, 2.24) is 5.48 Å². The Hall–Kier alpha value is -0.320. The number of carbonyl (C=O) groups is 1. The largest absolute Gasteiger partial charge is 0.353 e. The van der Waals surface area contributed by atoms with Crippen LogP contribution in [-0.2, 0) is 14.4 Å². The smallest absolute Gasteiger partial charge is 0.288 e. The van der Waals surface area contributed by atoms with Gasteiger partial charge in [0.25, 0.3) is 5.91 Å². The lowest BCUT2D eigenvalue weighted by molar-refractivity contribution is -0.138. The summed E-state index contributed by atoms with van der Waals surface area (Å²) in [4.78, 5) is 15.3. The second-order valence-corrected chi connectivity index (χ2v) is 2.96. The molecule has 13 heavy (non-hydrogen) atoms. The van der Waals surface area contributed by atoms with Crippen molar-refractivity contribution in [3.63, 3.8) is 0 Å². The highest BCUT2D eigenvalue weighted by atomic mass is 35.5. The highest BCUT2D eigenvalue weighted by Crippen LogP contribution is 2.01. The van der Waals surface area contributed by atoms with Gasteiger partial charge in [0.2, 0.25) is 5.56 Å². The molecule has 0 aromatic carbocycles. The topological polar surface area (TPSA) is 47.6 Å². The van der Waals surface area contributed by atoms with E-state index in [-0.39, 0.29) is 0 Å². The summed E-state index contributed by atoms with van der Waals surface area (Å²) in [6, 6.07) is 0. The minimum absolute atomic E-state index is 0.472. The molecule has 0 aromatic rings. The van der Waals surface area contributed by atoms with Gasteiger partial charge in [-0.05, 0) is 6.42 Å². The lowest BCUT2D eigenvalue weighted by Gasteiger charge is -2.09. The van der Waals surface area contributed by atoms with E-state index in [2.05, 4.69) is 17.2 Å². The predicted octanol–water partition coefficient (Wildman–Crippen LogP) is 1.44. The van der Waals surface area contributed by atoms with Crippen molar-refractivity contribution in [2.24, 2.45) is 0 Å². The number of carbonyl (C=O) groups excluding carboxylic acids is 1. The Morgan fingerprint density at radius 1 is 1.54 bits per heavy atom. The van der Waals surface area contributed by atoms with Crippen molar-refractivity contribution < 1.29 is 14.4 Å². The normalized spacial score (nSPS) is 12.5. The Morgan fingerprint density at radius 2 is 2.23 bits per heavy atom. The van der Waals surface area contributed by atoms with Crippen LogP contribution < -0.4 is 5.48 Å². The maximum absolute atomic E-state index is 10.9. The Balaban J connectivity index is 3.38. The maximum atomic E-state index is 10.9. The molecule has 1 N–H and O–H groups in total. The number of ether oxygens (including phenoxy) is 1. The number of nitrogens with one attached hydrogen (secondary N) is 1. The van der Waals surface area contributed by atoms with Crippen LogP contribution in [0.1, 0.15) is 26.2 Å². The summed E-state index contributed by atoms with van der Waals surface area (Å²) in [6.07, 6.45) is 3.11. The van der Waals surface area contributed by atoms with E-state index in [1.807, 2.05) is 0 Å². The molecule has 0 spiro atoms. The molecule has 0 aliphatic rings. The summed E-state index contributed by atoms with van der Waals surface area (Å²) < 4.78 is 5.03. The molecule has 4 nitrogen and oxygen atoms in total. The molecule has 0 radical (unpaired) electrons. The number of unbranched alkanes of at least 4 members (excludes halogenated alkanes) is 2. The second-order valence-electron chi connectivity index (χ2n) is 2.56. The standard InChI is InChI=1S/C8H16ClNO3/c1-3-4-5-6-13-7(9)8(11)10-12-2/h7H,3-6H2,1-2H3,(H,10,11). The van der Waals surface area contributed by atoms with Crippen LogP contribution in [0, 0.1) is 0 Å². The lowest BCUT2D eigenvalue weighted by atomic mass is 10.3. The van der Waals surface area contributed by atoms with E-state index in [1.54, 1.807) is 0 Å². The monoisotopic (exact) mass is 209 g/mol.